The maximum atomic E-state index is 5.45. The van der Waals surface area contributed by atoms with Crippen LogP contribution in [0.25, 0.3) is 10.8 Å². The van der Waals surface area contributed by atoms with Crippen molar-refractivity contribution in [3.05, 3.63) is 12.1 Å². The standard InChI is InChI=1S/C8H9N5OS/c1-2-5(1)9-4-7-11-12-8(14-7)6-3-10-13-15-6/h3,5,9H,1-2,4H2. The van der Waals surface area contributed by atoms with E-state index in [1.165, 1.54) is 24.4 Å². The molecule has 2 aromatic heterocycles. The second-order valence-electron chi connectivity index (χ2n) is 3.44. The van der Waals surface area contributed by atoms with E-state index in [-0.39, 0.29) is 0 Å². The first-order valence-electron chi connectivity index (χ1n) is 4.75. The van der Waals surface area contributed by atoms with E-state index in [9.17, 15) is 0 Å². The predicted octanol–water partition coefficient (Wildman–Crippen LogP) is 0.840. The number of aromatic nitrogens is 4. The van der Waals surface area contributed by atoms with E-state index < -0.39 is 0 Å². The fraction of sp³-hybridized carbons (Fsp3) is 0.500. The van der Waals surface area contributed by atoms with E-state index in [0.29, 0.717) is 24.4 Å². The van der Waals surface area contributed by atoms with Gasteiger partial charge in [-0.05, 0) is 24.4 Å². The Hall–Kier alpha value is -1.34. The summed E-state index contributed by atoms with van der Waals surface area (Å²) in [6.45, 7) is 0.643. The van der Waals surface area contributed by atoms with Crippen LogP contribution in [0, 0.1) is 0 Å². The van der Waals surface area contributed by atoms with Crippen LogP contribution in [0.2, 0.25) is 0 Å². The van der Waals surface area contributed by atoms with Gasteiger partial charge in [-0.25, -0.2) is 0 Å². The molecule has 0 aliphatic heterocycles. The first-order valence-corrected chi connectivity index (χ1v) is 5.52. The van der Waals surface area contributed by atoms with Crippen molar-refractivity contribution >= 4 is 11.5 Å². The van der Waals surface area contributed by atoms with Crippen LogP contribution in [0.5, 0.6) is 0 Å². The van der Waals surface area contributed by atoms with Crippen molar-refractivity contribution in [3.8, 4) is 10.8 Å². The van der Waals surface area contributed by atoms with Crippen molar-refractivity contribution < 1.29 is 4.42 Å². The van der Waals surface area contributed by atoms with Crippen LogP contribution in [0.15, 0.2) is 10.6 Å². The number of hydrogen-bond acceptors (Lipinski definition) is 7. The molecular formula is C8H9N5OS. The zero-order valence-corrected chi connectivity index (χ0v) is 8.70. The highest BCUT2D eigenvalue weighted by molar-refractivity contribution is 7.09. The summed E-state index contributed by atoms with van der Waals surface area (Å²) >= 11 is 1.25. The van der Waals surface area contributed by atoms with Gasteiger partial charge < -0.3 is 9.73 Å². The molecule has 2 heterocycles. The van der Waals surface area contributed by atoms with Crippen LogP contribution in [0.1, 0.15) is 18.7 Å². The van der Waals surface area contributed by atoms with E-state index in [1.807, 2.05) is 0 Å². The molecule has 0 bridgehead atoms. The Kier molecular flexibility index (Phi) is 2.18. The first-order chi connectivity index (χ1) is 7.42. The number of rotatable bonds is 4. The molecule has 78 valence electrons. The molecule has 1 fully saturated rings. The summed E-state index contributed by atoms with van der Waals surface area (Å²) < 4.78 is 9.19. The Balaban J connectivity index is 1.69. The molecule has 7 heteroatoms. The van der Waals surface area contributed by atoms with Crippen molar-refractivity contribution in [2.75, 3.05) is 0 Å². The summed E-state index contributed by atoms with van der Waals surface area (Å²) in [5.41, 5.74) is 0. The molecule has 0 atom stereocenters. The highest BCUT2D eigenvalue weighted by Gasteiger charge is 2.21. The van der Waals surface area contributed by atoms with Gasteiger partial charge in [-0.3, -0.25) is 0 Å². The monoisotopic (exact) mass is 223 g/mol. The van der Waals surface area contributed by atoms with Crippen molar-refractivity contribution in [1.82, 2.24) is 25.1 Å². The van der Waals surface area contributed by atoms with Crippen molar-refractivity contribution in [2.24, 2.45) is 0 Å². The third-order valence-corrected chi connectivity index (χ3v) is 2.81. The second-order valence-corrected chi connectivity index (χ2v) is 4.22. The summed E-state index contributed by atoms with van der Waals surface area (Å²) in [7, 11) is 0. The zero-order chi connectivity index (χ0) is 10.1. The van der Waals surface area contributed by atoms with E-state index in [1.54, 1.807) is 6.20 Å². The lowest BCUT2D eigenvalue weighted by Gasteiger charge is -1.94. The maximum Gasteiger partial charge on any atom is 0.261 e. The van der Waals surface area contributed by atoms with Crippen LogP contribution < -0.4 is 5.32 Å². The topological polar surface area (TPSA) is 76.7 Å². The molecule has 1 N–H and O–H groups in total. The molecule has 1 aliphatic carbocycles. The third-order valence-electron chi connectivity index (χ3n) is 2.16. The van der Waals surface area contributed by atoms with Crippen LogP contribution in [0.3, 0.4) is 0 Å². The molecule has 0 radical (unpaired) electrons. The van der Waals surface area contributed by atoms with Gasteiger partial charge in [-0.15, -0.1) is 15.3 Å². The van der Waals surface area contributed by atoms with E-state index in [4.69, 9.17) is 4.42 Å². The summed E-state index contributed by atoms with van der Waals surface area (Å²) in [6.07, 6.45) is 4.12. The third kappa shape index (κ3) is 2.02. The van der Waals surface area contributed by atoms with Crippen LogP contribution in [-0.2, 0) is 6.54 Å². The molecule has 15 heavy (non-hydrogen) atoms. The van der Waals surface area contributed by atoms with Gasteiger partial charge in [0.15, 0.2) is 0 Å². The van der Waals surface area contributed by atoms with Gasteiger partial charge >= 0.3 is 0 Å². The van der Waals surface area contributed by atoms with Gasteiger partial charge in [0, 0.05) is 6.04 Å². The molecule has 0 unspecified atom stereocenters. The predicted molar refractivity (Wildman–Crippen MR) is 53.1 cm³/mol. The Labute approximate surface area is 89.9 Å². The summed E-state index contributed by atoms with van der Waals surface area (Å²) in [5.74, 6) is 1.11. The summed E-state index contributed by atoms with van der Waals surface area (Å²) in [4.78, 5) is 0.806. The molecular weight excluding hydrogens is 214 g/mol. The van der Waals surface area contributed by atoms with Gasteiger partial charge in [0.25, 0.3) is 5.89 Å². The molecule has 2 aromatic rings. The second kappa shape index (κ2) is 3.67. The van der Waals surface area contributed by atoms with E-state index >= 15 is 0 Å². The van der Waals surface area contributed by atoms with Gasteiger partial charge in [0.2, 0.25) is 5.89 Å². The van der Waals surface area contributed by atoms with Gasteiger partial charge in [0.1, 0.15) is 4.88 Å². The minimum absolute atomic E-state index is 0.498. The normalized spacial score (nSPS) is 15.7. The van der Waals surface area contributed by atoms with Crippen molar-refractivity contribution in [1.29, 1.82) is 0 Å². The molecule has 0 spiro atoms. The lowest BCUT2D eigenvalue weighted by atomic mass is 10.5. The highest BCUT2D eigenvalue weighted by atomic mass is 32.1. The Morgan fingerprint density at radius 3 is 3.13 bits per heavy atom. The van der Waals surface area contributed by atoms with Gasteiger partial charge in [0.05, 0.1) is 12.7 Å². The Morgan fingerprint density at radius 1 is 1.47 bits per heavy atom. The van der Waals surface area contributed by atoms with Gasteiger partial charge in [-0.2, -0.15) is 0 Å². The van der Waals surface area contributed by atoms with Crippen LogP contribution in [-0.4, -0.2) is 25.8 Å². The molecule has 3 rings (SSSR count). The minimum atomic E-state index is 0.498. The van der Waals surface area contributed by atoms with Gasteiger partial charge in [-0.1, -0.05) is 4.49 Å². The Bertz CT molecular complexity index is 436. The fourth-order valence-corrected chi connectivity index (χ4v) is 1.64. The first kappa shape index (κ1) is 8.93. The molecule has 0 saturated heterocycles. The SMILES string of the molecule is c1nnsc1-c1nnc(CNC2CC2)o1. The Morgan fingerprint density at radius 2 is 2.40 bits per heavy atom. The number of nitrogens with one attached hydrogen (secondary N) is 1. The smallest absolute Gasteiger partial charge is 0.261 e. The largest absolute Gasteiger partial charge is 0.418 e. The highest BCUT2D eigenvalue weighted by Crippen LogP contribution is 2.21. The van der Waals surface area contributed by atoms with Crippen LogP contribution >= 0.6 is 11.5 Å². The fourth-order valence-electron chi connectivity index (χ4n) is 1.21. The molecule has 1 saturated carbocycles. The van der Waals surface area contributed by atoms with E-state index in [0.717, 1.165) is 4.88 Å². The summed E-state index contributed by atoms with van der Waals surface area (Å²) in [6, 6.07) is 0.644. The maximum absolute atomic E-state index is 5.45. The zero-order valence-electron chi connectivity index (χ0n) is 7.88. The molecule has 1 aliphatic rings. The molecule has 0 aromatic carbocycles. The lowest BCUT2D eigenvalue weighted by Crippen LogP contribution is -2.15. The minimum Gasteiger partial charge on any atom is -0.418 e. The molecule has 6 nitrogen and oxygen atoms in total. The summed E-state index contributed by atoms with van der Waals surface area (Å²) in [5, 5.41) is 14.9. The number of hydrogen-bond donors (Lipinski definition) is 1. The average molecular weight is 223 g/mol. The van der Waals surface area contributed by atoms with E-state index in [2.05, 4.69) is 25.1 Å². The lowest BCUT2D eigenvalue weighted by molar-refractivity contribution is 0.477. The number of nitrogens with zero attached hydrogens (tertiary/aromatic N) is 4. The van der Waals surface area contributed by atoms with Crippen molar-refractivity contribution in [2.45, 2.75) is 25.4 Å². The van der Waals surface area contributed by atoms with Crippen molar-refractivity contribution in [3.63, 3.8) is 0 Å². The van der Waals surface area contributed by atoms with Crippen LogP contribution in [0.4, 0.5) is 0 Å². The average Bonchev–Trinajstić information content (AvgIpc) is 2.78. The molecule has 0 amide bonds. The quantitative estimate of drug-likeness (QED) is 0.827.